The van der Waals surface area contributed by atoms with Crippen molar-refractivity contribution in [3.63, 3.8) is 0 Å². The molecule has 0 spiro atoms. The molecule has 82 valence electrons. The van der Waals surface area contributed by atoms with Gasteiger partial charge in [-0.3, -0.25) is 0 Å². The molecule has 2 nitrogen and oxygen atoms in total. The van der Waals surface area contributed by atoms with Gasteiger partial charge in [0.2, 0.25) is 0 Å². The zero-order valence-electron chi connectivity index (χ0n) is 9.00. The molecule has 0 amide bonds. The highest BCUT2D eigenvalue weighted by Crippen LogP contribution is 2.12. The summed E-state index contributed by atoms with van der Waals surface area (Å²) >= 11 is 2.22. The Balaban J connectivity index is 2.38. The van der Waals surface area contributed by atoms with Crippen LogP contribution < -0.4 is 4.74 Å². The average Bonchev–Trinajstić information content (AvgIpc) is 2.29. The molecule has 0 radical (unpaired) electrons. The van der Waals surface area contributed by atoms with E-state index in [1.54, 1.807) is 7.11 Å². The van der Waals surface area contributed by atoms with E-state index in [9.17, 15) is 0 Å². The number of methoxy groups -OCH3 is 1. The summed E-state index contributed by atoms with van der Waals surface area (Å²) in [7, 11) is 1.67. The van der Waals surface area contributed by atoms with Crippen molar-refractivity contribution in [3.8, 4) is 5.75 Å². The van der Waals surface area contributed by atoms with Crippen LogP contribution in [0, 0.1) is 0 Å². The van der Waals surface area contributed by atoms with E-state index in [1.807, 2.05) is 28.3 Å². The van der Waals surface area contributed by atoms with Crippen molar-refractivity contribution in [3.05, 3.63) is 39.5 Å². The van der Waals surface area contributed by atoms with E-state index in [1.165, 1.54) is 5.57 Å². The molecule has 15 heavy (non-hydrogen) atoms. The summed E-state index contributed by atoms with van der Waals surface area (Å²) in [6, 6.07) is 7.92. The van der Waals surface area contributed by atoms with Gasteiger partial charge in [-0.25, -0.2) is 0 Å². The maximum Gasteiger partial charge on any atom is 0.118 e. The molecule has 1 rings (SSSR count). The minimum Gasteiger partial charge on any atom is -0.497 e. The minimum atomic E-state index is 0.645. The van der Waals surface area contributed by atoms with Crippen molar-refractivity contribution in [2.45, 2.75) is 13.5 Å². The second kappa shape index (κ2) is 6.85. The highest BCUT2D eigenvalue weighted by Gasteiger charge is 1.95. The fourth-order valence-electron chi connectivity index (χ4n) is 1.08. The zero-order chi connectivity index (χ0) is 11.1. The standard InChI is InChI=1S/C12H15IO2/c1-10(7-13)8-15-9-11-3-5-12(14-2)6-4-11/h3-7H,8-9H2,1-2H3/b10-7+. The first kappa shape index (κ1) is 12.5. The summed E-state index contributed by atoms with van der Waals surface area (Å²) in [5.41, 5.74) is 2.40. The van der Waals surface area contributed by atoms with Crippen LogP contribution in [-0.2, 0) is 11.3 Å². The third-order valence-electron chi connectivity index (χ3n) is 1.94. The fourth-order valence-corrected chi connectivity index (χ4v) is 1.26. The molecule has 1 aromatic carbocycles. The quantitative estimate of drug-likeness (QED) is 0.773. The number of rotatable bonds is 5. The molecule has 1 aromatic rings. The van der Waals surface area contributed by atoms with E-state index in [-0.39, 0.29) is 0 Å². The van der Waals surface area contributed by atoms with E-state index >= 15 is 0 Å². The molecule has 0 atom stereocenters. The zero-order valence-corrected chi connectivity index (χ0v) is 11.2. The number of hydrogen-bond donors (Lipinski definition) is 0. The average molecular weight is 318 g/mol. The molecule has 0 aliphatic rings. The Bertz CT molecular complexity index is 317. The van der Waals surface area contributed by atoms with E-state index in [4.69, 9.17) is 9.47 Å². The van der Waals surface area contributed by atoms with Crippen molar-refractivity contribution in [2.75, 3.05) is 13.7 Å². The Morgan fingerprint density at radius 2 is 2.00 bits per heavy atom. The summed E-state index contributed by atoms with van der Waals surface area (Å²) in [5.74, 6) is 0.877. The molecule has 0 unspecified atom stereocenters. The largest absolute Gasteiger partial charge is 0.497 e. The van der Waals surface area contributed by atoms with E-state index < -0.39 is 0 Å². The first-order chi connectivity index (χ1) is 7.26. The summed E-state index contributed by atoms with van der Waals surface area (Å²) < 4.78 is 12.6. The third kappa shape index (κ3) is 4.66. The lowest BCUT2D eigenvalue weighted by Gasteiger charge is -2.05. The second-order valence-electron chi connectivity index (χ2n) is 3.30. The first-order valence-electron chi connectivity index (χ1n) is 4.73. The summed E-state index contributed by atoms with van der Waals surface area (Å²) in [6.45, 7) is 3.39. The van der Waals surface area contributed by atoms with Gasteiger partial charge in [0, 0.05) is 0 Å². The fraction of sp³-hybridized carbons (Fsp3) is 0.333. The Hall–Kier alpha value is -0.550. The molecule has 0 aliphatic carbocycles. The summed E-state index contributed by atoms with van der Waals surface area (Å²) in [4.78, 5) is 0. The normalized spacial score (nSPS) is 11.5. The SMILES string of the molecule is COc1ccc(COC/C(C)=C/I)cc1. The Morgan fingerprint density at radius 3 is 2.53 bits per heavy atom. The van der Waals surface area contributed by atoms with Crippen LogP contribution in [0.4, 0.5) is 0 Å². The lowest BCUT2D eigenvalue weighted by atomic mass is 10.2. The molecule has 0 N–H and O–H groups in total. The number of hydrogen-bond acceptors (Lipinski definition) is 2. The number of benzene rings is 1. The lowest BCUT2D eigenvalue weighted by Crippen LogP contribution is -1.96. The van der Waals surface area contributed by atoms with Gasteiger partial charge in [-0.05, 0) is 34.3 Å². The Morgan fingerprint density at radius 1 is 1.33 bits per heavy atom. The van der Waals surface area contributed by atoms with Crippen LogP contribution >= 0.6 is 22.6 Å². The summed E-state index contributed by atoms with van der Waals surface area (Å²) in [5, 5.41) is 0. The van der Waals surface area contributed by atoms with Crippen LogP contribution in [0.3, 0.4) is 0 Å². The van der Waals surface area contributed by atoms with E-state index in [0.29, 0.717) is 13.2 Å². The molecule has 0 bridgehead atoms. The van der Waals surface area contributed by atoms with Gasteiger partial charge in [0.25, 0.3) is 0 Å². The predicted octanol–water partition coefficient (Wildman–Crippen LogP) is 3.55. The van der Waals surface area contributed by atoms with Gasteiger partial charge in [-0.1, -0.05) is 34.7 Å². The van der Waals surface area contributed by atoms with Gasteiger partial charge >= 0.3 is 0 Å². The monoisotopic (exact) mass is 318 g/mol. The van der Waals surface area contributed by atoms with Crippen LogP contribution in [-0.4, -0.2) is 13.7 Å². The predicted molar refractivity (Wildman–Crippen MR) is 70.4 cm³/mol. The van der Waals surface area contributed by atoms with Gasteiger partial charge in [-0.2, -0.15) is 0 Å². The summed E-state index contributed by atoms with van der Waals surface area (Å²) in [6.07, 6.45) is 0. The molecule has 0 aromatic heterocycles. The van der Waals surface area contributed by atoms with Crippen molar-refractivity contribution < 1.29 is 9.47 Å². The number of halogens is 1. The first-order valence-corrected chi connectivity index (χ1v) is 5.97. The van der Waals surface area contributed by atoms with Crippen molar-refractivity contribution in [1.82, 2.24) is 0 Å². The van der Waals surface area contributed by atoms with Crippen LogP contribution in [0.5, 0.6) is 5.75 Å². The van der Waals surface area contributed by atoms with E-state index in [0.717, 1.165) is 11.3 Å². The minimum absolute atomic E-state index is 0.645. The third-order valence-corrected chi connectivity index (χ3v) is 3.01. The van der Waals surface area contributed by atoms with Crippen molar-refractivity contribution >= 4 is 22.6 Å². The van der Waals surface area contributed by atoms with E-state index in [2.05, 4.69) is 29.5 Å². The van der Waals surface area contributed by atoms with Gasteiger partial charge in [0.15, 0.2) is 0 Å². The van der Waals surface area contributed by atoms with Gasteiger partial charge < -0.3 is 9.47 Å². The molecule has 0 saturated heterocycles. The molecule has 0 heterocycles. The highest BCUT2D eigenvalue weighted by molar-refractivity contribution is 14.1. The molecular formula is C12H15IO2. The second-order valence-corrected chi connectivity index (χ2v) is 3.92. The molecule has 0 saturated carbocycles. The maximum absolute atomic E-state index is 5.53. The van der Waals surface area contributed by atoms with Crippen molar-refractivity contribution in [1.29, 1.82) is 0 Å². The van der Waals surface area contributed by atoms with Crippen LogP contribution in [0.1, 0.15) is 12.5 Å². The highest BCUT2D eigenvalue weighted by atomic mass is 127. The van der Waals surface area contributed by atoms with Crippen LogP contribution in [0.25, 0.3) is 0 Å². The number of ether oxygens (including phenoxy) is 2. The topological polar surface area (TPSA) is 18.5 Å². The molecule has 0 aliphatic heterocycles. The van der Waals surface area contributed by atoms with Gasteiger partial charge in [0.05, 0.1) is 20.3 Å². The van der Waals surface area contributed by atoms with Crippen LogP contribution in [0.2, 0.25) is 0 Å². The molecule has 3 heteroatoms. The smallest absolute Gasteiger partial charge is 0.118 e. The molecular weight excluding hydrogens is 303 g/mol. The van der Waals surface area contributed by atoms with Gasteiger partial charge in [-0.15, -0.1) is 0 Å². The van der Waals surface area contributed by atoms with Crippen molar-refractivity contribution in [2.24, 2.45) is 0 Å². The maximum atomic E-state index is 5.53. The lowest BCUT2D eigenvalue weighted by molar-refractivity contribution is 0.143. The van der Waals surface area contributed by atoms with Gasteiger partial charge in [0.1, 0.15) is 5.75 Å². The van der Waals surface area contributed by atoms with Crippen LogP contribution in [0.15, 0.2) is 33.9 Å². The Labute approximate surface area is 104 Å². The molecule has 0 fully saturated rings. The Kier molecular flexibility index (Phi) is 5.71.